The summed E-state index contributed by atoms with van der Waals surface area (Å²) in [7, 11) is 0. The Bertz CT molecular complexity index is 411. The van der Waals surface area contributed by atoms with Gasteiger partial charge in [-0.1, -0.05) is 42.5 Å². The monoisotopic (exact) mass is 232 g/mol. The third-order valence-corrected chi connectivity index (χ3v) is 2.13. The van der Waals surface area contributed by atoms with Crippen molar-refractivity contribution in [2.24, 2.45) is 5.10 Å². The number of carboxylic acid groups (broad SMARTS) is 1. The summed E-state index contributed by atoms with van der Waals surface area (Å²) in [6, 6.07) is 10.1. The van der Waals surface area contributed by atoms with Crippen molar-refractivity contribution in [3.05, 3.63) is 48.0 Å². The molecule has 0 heterocycles. The van der Waals surface area contributed by atoms with E-state index in [4.69, 9.17) is 5.11 Å². The van der Waals surface area contributed by atoms with E-state index < -0.39 is 5.97 Å². The van der Waals surface area contributed by atoms with Crippen LogP contribution < -0.4 is 5.43 Å². The first-order chi connectivity index (χ1) is 8.20. The molecule has 0 saturated heterocycles. The van der Waals surface area contributed by atoms with Gasteiger partial charge in [0.25, 0.3) is 0 Å². The molecule has 0 fully saturated rings. The van der Waals surface area contributed by atoms with Crippen LogP contribution in [-0.2, 0) is 11.2 Å². The van der Waals surface area contributed by atoms with Gasteiger partial charge in [0.1, 0.15) is 5.71 Å². The Morgan fingerprint density at radius 1 is 1.35 bits per heavy atom. The molecule has 4 nitrogen and oxygen atoms in total. The third kappa shape index (κ3) is 5.51. The van der Waals surface area contributed by atoms with Gasteiger partial charge in [-0.05, 0) is 18.9 Å². The Morgan fingerprint density at radius 3 is 2.71 bits per heavy atom. The summed E-state index contributed by atoms with van der Waals surface area (Å²) in [5.74, 6) is -1.01. The van der Waals surface area contributed by atoms with Crippen LogP contribution in [0.15, 0.2) is 47.6 Å². The van der Waals surface area contributed by atoms with E-state index in [0.29, 0.717) is 6.54 Å². The predicted octanol–water partition coefficient (Wildman–Crippen LogP) is 1.84. The molecule has 0 aliphatic heterocycles. The molecule has 0 aromatic heterocycles. The van der Waals surface area contributed by atoms with Gasteiger partial charge in [-0.3, -0.25) is 0 Å². The molecule has 4 heteroatoms. The second-order valence-electron chi connectivity index (χ2n) is 3.53. The molecular formula is C13H16N2O2. The zero-order chi connectivity index (χ0) is 12.5. The highest BCUT2D eigenvalue weighted by Gasteiger charge is 1.98. The topological polar surface area (TPSA) is 61.7 Å². The van der Waals surface area contributed by atoms with Gasteiger partial charge in [0.2, 0.25) is 0 Å². The van der Waals surface area contributed by atoms with Crippen molar-refractivity contribution < 1.29 is 9.90 Å². The quantitative estimate of drug-likeness (QED) is 0.340. The number of aliphatic carboxylic acids is 1. The van der Waals surface area contributed by atoms with Gasteiger partial charge in [-0.25, -0.2) is 4.79 Å². The zero-order valence-corrected chi connectivity index (χ0v) is 9.76. The first-order valence-corrected chi connectivity index (χ1v) is 5.39. The molecule has 0 unspecified atom stereocenters. The van der Waals surface area contributed by atoms with E-state index in [9.17, 15) is 4.79 Å². The summed E-state index contributed by atoms with van der Waals surface area (Å²) in [6.45, 7) is 1.97. The van der Waals surface area contributed by atoms with Gasteiger partial charge >= 0.3 is 5.97 Å². The Kier molecular flexibility index (Phi) is 5.51. The lowest BCUT2D eigenvalue weighted by atomic mass is 10.1. The van der Waals surface area contributed by atoms with Crippen LogP contribution in [0.1, 0.15) is 12.5 Å². The van der Waals surface area contributed by atoms with Gasteiger partial charge < -0.3 is 10.5 Å². The van der Waals surface area contributed by atoms with E-state index in [1.165, 1.54) is 12.5 Å². The van der Waals surface area contributed by atoms with Crippen LogP contribution in [-0.4, -0.2) is 23.3 Å². The highest BCUT2D eigenvalue weighted by atomic mass is 16.4. The average molecular weight is 232 g/mol. The second-order valence-corrected chi connectivity index (χ2v) is 3.53. The maximum Gasteiger partial charge on any atom is 0.351 e. The minimum Gasteiger partial charge on any atom is -0.477 e. The number of nitrogens with one attached hydrogen (secondary N) is 1. The van der Waals surface area contributed by atoms with E-state index in [1.807, 2.05) is 30.4 Å². The van der Waals surface area contributed by atoms with Crippen LogP contribution >= 0.6 is 0 Å². The Balaban J connectivity index is 2.24. The highest BCUT2D eigenvalue weighted by molar-refractivity contribution is 6.34. The van der Waals surface area contributed by atoms with Crippen molar-refractivity contribution >= 4 is 11.7 Å². The van der Waals surface area contributed by atoms with Crippen LogP contribution in [0.5, 0.6) is 0 Å². The Morgan fingerprint density at radius 2 is 2.06 bits per heavy atom. The van der Waals surface area contributed by atoms with Gasteiger partial charge in [-0.2, -0.15) is 5.10 Å². The van der Waals surface area contributed by atoms with Gasteiger partial charge in [0.05, 0.1) is 6.54 Å². The fraction of sp³-hybridized carbons (Fsp3) is 0.231. The van der Waals surface area contributed by atoms with Crippen LogP contribution in [0.25, 0.3) is 0 Å². The lowest BCUT2D eigenvalue weighted by Gasteiger charge is -1.96. The predicted molar refractivity (Wildman–Crippen MR) is 68.0 cm³/mol. The molecule has 90 valence electrons. The molecule has 0 atom stereocenters. The average Bonchev–Trinajstić information content (AvgIpc) is 2.34. The number of rotatable bonds is 6. The van der Waals surface area contributed by atoms with Crippen molar-refractivity contribution in [3.8, 4) is 0 Å². The molecule has 1 rings (SSSR count). The highest BCUT2D eigenvalue weighted by Crippen LogP contribution is 1.99. The van der Waals surface area contributed by atoms with Crippen molar-refractivity contribution in [1.82, 2.24) is 5.43 Å². The minimum absolute atomic E-state index is 0.0569. The maximum atomic E-state index is 10.4. The lowest BCUT2D eigenvalue weighted by molar-refractivity contribution is -0.129. The summed E-state index contributed by atoms with van der Waals surface area (Å²) in [5.41, 5.74) is 3.97. The van der Waals surface area contributed by atoms with Crippen molar-refractivity contribution in [3.63, 3.8) is 0 Å². The number of hydrogen-bond donors (Lipinski definition) is 2. The van der Waals surface area contributed by atoms with Crippen molar-refractivity contribution in [2.75, 3.05) is 6.54 Å². The summed E-state index contributed by atoms with van der Waals surface area (Å²) in [6.07, 6.45) is 4.81. The Hall–Kier alpha value is -2.10. The standard InChI is InChI=1S/C13H16N2O2/c1-11(13(16)17)15-14-10-6-5-9-12-7-3-2-4-8-12/h2-8,14H,9-10H2,1H3,(H,16,17)/b6-5+,15-11-. The molecule has 0 saturated carbocycles. The van der Waals surface area contributed by atoms with Crippen molar-refractivity contribution in [2.45, 2.75) is 13.3 Å². The van der Waals surface area contributed by atoms with E-state index >= 15 is 0 Å². The minimum atomic E-state index is -1.01. The molecule has 0 radical (unpaired) electrons. The van der Waals surface area contributed by atoms with E-state index in [1.54, 1.807) is 0 Å². The summed E-state index contributed by atoms with van der Waals surface area (Å²) >= 11 is 0. The molecule has 0 spiro atoms. The zero-order valence-electron chi connectivity index (χ0n) is 9.76. The number of carboxylic acids is 1. The van der Waals surface area contributed by atoms with E-state index in [0.717, 1.165) is 6.42 Å². The first kappa shape index (κ1) is 13.0. The van der Waals surface area contributed by atoms with Crippen LogP contribution in [0, 0.1) is 0 Å². The van der Waals surface area contributed by atoms with E-state index in [2.05, 4.69) is 22.7 Å². The number of benzene rings is 1. The van der Waals surface area contributed by atoms with Crippen molar-refractivity contribution in [1.29, 1.82) is 0 Å². The number of carbonyl (C=O) groups is 1. The van der Waals surface area contributed by atoms with Crippen LogP contribution in [0.3, 0.4) is 0 Å². The fourth-order valence-corrected chi connectivity index (χ4v) is 1.18. The molecule has 1 aromatic carbocycles. The summed E-state index contributed by atoms with van der Waals surface area (Å²) in [5, 5.41) is 12.2. The molecule has 17 heavy (non-hydrogen) atoms. The second kappa shape index (κ2) is 7.22. The van der Waals surface area contributed by atoms with Crippen LogP contribution in [0.4, 0.5) is 0 Å². The molecule has 2 N–H and O–H groups in total. The fourth-order valence-electron chi connectivity index (χ4n) is 1.18. The normalized spacial score (nSPS) is 11.7. The van der Waals surface area contributed by atoms with Gasteiger partial charge in [-0.15, -0.1) is 0 Å². The number of hydrogen-bond acceptors (Lipinski definition) is 3. The molecular weight excluding hydrogens is 216 g/mol. The van der Waals surface area contributed by atoms with Gasteiger partial charge in [0, 0.05) is 0 Å². The number of nitrogens with zero attached hydrogens (tertiary/aromatic N) is 1. The third-order valence-electron chi connectivity index (χ3n) is 2.13. The molecule has 0 aliphatic carbocycles. The molecule has 0 aliphatic rings. The van der Waals surface area contributed by atoms with Gasteiger partial charge in [0.15, 0.2) is 0 Å². The lowest BCUT2D eigenvalue weighted by Crippen LogP contribution is -2.15. The molecule has 1 aromatic rings. The van der Waals surface area contributed by atoms with Crippen LogP contribution in [0.2, 0.25) is 0 Å². The SMILES string of the molecule is C/C(=N/NC/C=C/Cc1ccccc1)C(=O)O. The smallest absolute Gasteiger partial charge is 0.351 e. The first-order valence-electron chi connectivity index (χ1n) is 5.39. The maximum absolute atomic E-state index is 10.4. The Labute approximate surface area is 101 Å². The molecule has 0 amide bonds. The largest absolute Gasteiger partial charge is 0.477 e. The summed E-state index contributed by atoms with van der Waals surface area (Å²) in [4.78, 5) is 10.4. The summed E-state index contributed by atoms with van der Waals surface area (Å²) < 4.78 is 0. The number of hydrazone groups is 1. The van der Waals surface area contributed by atoms with E-state index in [-0.39, 0.29) is 5.71 Å². The molecule has 0 bridgehead atoms. The number of allylic oxidation sites excluding steroid dienone is 1.